The van der Waals surface area contributed by atoms with Crippen LogP contribution in [0.3, 0.4) is 0 Å². The molecule has 0 radical (unpaired) electrons. The highest BCUT2D eigenvalue weighted by Crippen LogP contribution is 2.41. The Hall–Kier alpha value is -1.20. The summed E-state index contributed by atoms with van der Waals surface area (Å²) in [4.78, 5) is 2.49. The molecule has 0 bridgehead atoms. The first-order valence-corrected chi connectivity index (χ1v) is 13.8. The van der Waals surface area contributed by atoms with E-state index >= 15 is 0 Å². The van der Waals surface area contributed by atoms with Gasteiger partial charge in [0.05, 0.1) is 11.6 Å². The summed E-state index contributed by atoms with van der Waals surface area (Å²) in [5.41, 5.74) is 0.885. The van der Waals surface area contributed by atoms with E-state index in [4.69, 9.17) is 4.43 Å². The lowest BCUT2D eigenvalue weighted by atomic mass is 9.76. The molecule has 1 heterocycles. The molecule has 1 aromatic carbocycles. The molecule has 1 unspecified atom stereocenters. The molecule has 0 amide bonds. The third-order valence-corrected chi connectivity index (χ3v) is 11.6. The van der Waals surface area contributed by atoms with Crippen LogP contribution in [-0.4, -0.2) is 42.6 Å². The van der Waals surface area contributed by atoms with Gasteiger partial charge >= 0.3 is 0 Å². The summed E-state index contributed by atoms with van der Waals surface area (Å²) in [6, 6.07) is 10.8. The number of piperidine rings is 1. The van der Waals surface area contributed by atoms with E-state index in [1.807, 2.05) is 12.1 Å². The van der Waals surface area contributed by atoms with E-state index in [2.05, 4.69) is 76.2 Å². The maximum Gasteiger partial charge on any atom is 0.192 e. The monoisotopic (exact) mass is 415 g/mol. The zero-order chi connectivity index (χ0) is 21.7. The topological polar surface area (TPSA) is 32.7 Å². The predicted molar refractivity (Wildman–Crippen MR) is 127 cm³/mol. The van der Waals surface area contributed by atoms with Crippen molar-refractivity contribution in [1.82, 2.24) is 4.90 Å². The van der Waals surface area contributed by atoms with Crippen molar-refractivity contribution in [2.24, 2.45) is 0 Å². The highest BCUT2D eigenvalue weighted by Gasteiger charge is 2.47. The molecule has 0 saturated carbocycles. The molecule has 29 heavy (non-hydrogen) atoms. The van der Waals surface area contributed by atoms with Crippen LogP contribution in [0.2, 0.25) is 18.1 Å². The Morgan fingerprint density at radius 1 is 1.28 bits per heavy atom. The Labute approximate surface area is 179 Å². The molecular weight excluding hydrogens is 374 g/mol. The van der Waals surface area contributed by atoms with Gasteiger partial charge in [-0.1, -0.05) is 63.3 Å². The molecule has 1 N–H and O–H groups in total. The van der Waals surface area contributed by atoms with Crippen molar-refractivity contribution in [3.63, 3.8) is 0 Å². The number of nitrogens with zero attached hydrogens (tertiary/aromatic N) is 1. The minimum Gasteiger partial charge on any atom is -0.415 e. The number of hydrogen-bond acceptors (Lipinski definition) is 3. The van der Waals surface area contributed by atoms with Gasteiger partial charge in [0.15, 0.2) is 8.32 Å². The summed E-state index contributed by atoms with van der Waals surface area (Å²) in [7, 11) is -1.84. The minimum absolute atomic E-state index is 0.185. The van der Waals surface area contributed by atoms with Gasteiger partial charge < -0.3 is 9.53 Å². The van der Waals surface area contributed by atoms with E-state index in [0.717, 1.165) is 32.2 Å². The number of hydrogen-bond donors (Lipinski definition) is 1. The van der Waals surface area contributed by atoms with Gasteiger partial charge in [-0.05, 0) is 49.4 Å². The Kier molecular flexibility index (Phi) is 8.08. The van der Waals surface area contributed by atoms with Gasteiger partial charge in [-0.3, -0.25) is 4.90 Å². The van der Waals surface area contributed by atoms with Crippen LogP contribution in [0.4, 0.5) is 0 Å². The van der Waals surface area contributed by atoms with Crippen molar-refractivity contribution >= 4 is 8.32 Å². The van der Waals surface area contributed by atoms with E-state index in [1.165, 1.54) is 5.56 Å². The molecule has 3 nitrogen and oxygen atoms in total. The van der Waals surface area contributed by atoms with Gasteiger partial charge in [-0.15, -0.1) is 13.2 Å². The molecule has 3 atom stereocenters. The lowest BCUT2D eigenvalue weighted by Gasteiger charge is -2.53. The van der Waals surface area contributed by atoms with Crippen LogP contribution in [0.5, 0.6) is 0 Å². The fourth-order valence-electron chi connectivity index (χ4n) is 4.20. The molecule has 1 aliphatic heterocycles. The van der Waals surface area contributed by atoms with Gasteiger partial charge in [-0.25, -0.2) is 0 Å². The lowest BCUT2D eigenvalue weighted by molar-refractivity contribution is -0.0799. The van der Waals surface area contributed by atoms with Gasteiger partial charge in [0.25, 0.3) is 0 Å². The Bertz CT molecular complexity index is 667. The second-order valence-corrected chi connectivity index (χ2v) is 14.8. The predicted octanol–water partition coefficient (Wildman–Crippen LogP) is 5.92. The standard InChI is InChI=1S/C25H41NO2Si/c1-8-17-25(23(27)9-2)18-13-16-22(20-28-29(6,7)24(3,4)5)26(25)19-21-14-11-10-12-15-21/h8-12,14-15,22-23,27H,1-2,13,16-20H2,3-7H3/t22-,23?,25+/m1/s1. The molecule has 2 rings (SSSR count). The first kappa shape index (κ1) is 24.1. The normalized spacial score (nSPS) is 24.8. The van der Waals surface area contributed by atoms with Crippen molar-refractivity contribution in [2.45, 2.75) is 88.8 Å². The minimum atomic E-state index is -1.84. The number of benzene rings is 1. The summed E-state index contributed by atoms with van der Waals surface area (Å²) in [5, 5.41) is 11.2. The lowest BCUT2D eigenvalue weighted by Crippen LogP contribution is -2.63. The van der Waals surface area contributed by atoms with Crippen molar-refractivity contribution in [3.8, 4) is 0 Å². The van der Waals surface area contributed by atoms with Crippen LogP contribution in [0, 0.1) is 0 Å². The molecule has 0 aromatic heterocycles. The van der Waals surface area contributed by atoms with Crippen LogP contribution in [0.15, 0.2) is 55.6 Å². The van der Waals surface area contributed by atoms with E-state index in [-0.39, 0.29) is 16.6 Å². The van der Waals surface area contributed by atoms with Crippen LogP contribution in [-0.2, 0) is 11.0 Å². The van der Waals surface area contributed by atoms with Crippen LogP contribution >= 0.6 is 0 Å². The Morgan fingerprint density at radius 2 is 1.93 bits per heavy atom. The average Bonchev–Trinajstić information content (AvgIpc) is 2.67. The Morgan fingerprint density at radius 3 is 2.48 bits per heavy atom. The maximum absolute atomic E-state index is 11.0. The second-order valence-electron chi connectivity index (χ2n) is 10.0. The number of aliphatic hydroxyl groups is 1. The number of rotatable bonds is 9. The molecule has 1 fully saturated rings. The molecule has 162 valence electrons. The molecule has 1 saturated heterocycles. The van der Waals surface area contributed by atoms with Gasteiger partial charge in [0.2, 0.25) is 0 Å². The van der Waals surface area contributed by atoms with Gasteiger partial charge in [0, 0.05) is 19.2 Å². The van der Waals surface area contributed by atoms with E-state index < -0.39 is 14.4 Å². The number of aliphatic hydroxyl groups excluding tert-OH is 1. The van der Waals surface area contributed by atoms with Crippen LogP contribution < -0.4 is 0 Å². The third-order valence-electron chi connectivity index (χ3n) is 7.07. The second kappa shape index (κ2) is 9.74. The van der Waals surface area contributed by atoms with Gasteiger partial charge in [-0.2, -0.15) is 0 Å². The fourth-order valence-corrected chi connectivity index (χ4v) is 5.24. The number of likely N-dealkylation sites (tertiary alicyclic amines) is 1. The molecule has 4 heteroatoms. The fraction of sp³-hybridized carbons (Fsp3) is 0.600. The highest BCUT2D eigenvalue weighted by atomic mass is 28.4. The summed E-state index contributed by atoms with van der Waals surface area (Å²) >= 11 is 0. The SMILES string of the molecule is C=CC[C@@]1(C(O)C=C)CCC[C@H](CO[Si](C)(C)C(C)(C)C)N1Cc1ccccc1. The highest BCUT2D eigenvalue weighted by molar-refractivity contribution is 6.74. The average molecular weight is 416 g/mol. The summed E-state index contributed by atoms with van der Waals surface area (Å²) < 4.78 is 6.65. The summed E-state index contributed by atoms with van der Waals surface area (Å²) in [6.45, 7) is 20.9. The molecule has 0 aliphatic carbocycles. The smallest absolute Gasteiger partial charge is 0.192 e. The van der Waals surface area contributed by atoms with Crippen molar-refractivity contribution in [2.75, 3.05) is 6.61 Å². The first-order valence-electron chi connectivity index (χ1n) is 10.9. The van der Waals surface area contributed by atoms with Gasteiger partial charge in [0.1, 0.15) is 0 Å². The summed E-state index contributed by atoms with van der Waals surface area (Å²) in [6.07, 6.45) is 6.89. The quantitative estimate of drug-likeness (QED) is 0.401. The van der Waals surface area contributed by atoms with Crippen molar-refractivity contribution in [3.05, 3.63) is 61.2 Å². The van der Waals surface area contributed by atoms with E-state index in [0.29, 0.717) is 6.61 Å². The van der Waals surface area contributed by atoms with Crippen LogP contribution in [0.1, 0.15) is 52.0 Å². The van der Waals surface area contributed by atoms with E-state index in [9.17, 15) is 5.11 Å². The molecule has 0 spiro atoms. The zero-order valence-electron chi connectivity index (χ0n) is 19.2. The van der Waals surface area contributed by atoms with Crippen molar-refractivity contribution in [1.29, 1.82) is 0 Å². The van der Waals surface area contributed by atoms with Crippen LogP contribution in [0.25, 0.3) is 0 Å². The zero-order valence-corrected chi connectivity index (χ0v) is 20.2. The molecule has 1 aromatic rings. The van der Waals surface area contributed by atoms with Crippen molar-refractivity contribution < 1.29 is 9.53 Å². The largest absolute Gasteiger partial charge is 0.415 e. The Balaban J connectivity index is 2.36. The maximum atomic E-state index is 11.0. The third kappa shape index (κ3) is 5.49. The summed E-state index contributed by atoms with van der Waals surface area (Å²) in [5.74, 6) is 0. The first-order chi connectivity index (χ1) is 13.6. The molecule has 1 aliphatic rings. The molecular formula is C25H41NO2Si. The van der Waals surface area contributed by atoms with E-state index in [1.54, 1.807) is 6.08 Å².